The fraction of sp³-hybridized carbons (Fsp3) is 0.579. The average molecular weight is 287 g/mol. The lowest BCUT2D eigenvalue weighted by atomic mass is 9.67. The van der Waals surface area contributed by atoms with E-state index in [1.165, 1.54) is 12.0 Å². The first-order chi connectivity index (χ1) is 10.3. The Balaban J connectivity index is 2.28. The number of benzene rings is 1. The van der Waals surface area contributed by atoms with Gasteiger partial charge in [0.05, 0.1) is 0 Å². The van der Waals surface area contributed by atoms with Crippen molar-refractivity contribution in [2.24, 2.45) is 0 Å². The first kappa shape index (κ1) is 16.3. The molecule has 0 bridgehead atoms. The molecule has 21 heavy (non-hydrogen) atoms. The van der Waals surface area contributed by atoms with Gasteiger partial charge in [0, 0.05) is 24.7 Å². The number of rotatable bonds is 8. The molecule has 0 amide bonds. The zero-order valence-corrected chi connectivity index (χ0v) is 13.3. The van der Waals surface area contributed by atoms with Gasteiger partial charge in [0.15, 0.2) is 0 Å². The Kier molecular flexibility index (Phi) is 6.47. The van der Waals surface area contributed by atoms with Gasteiger partial charge in [-0.2, -0.15) is 0 Å². The van der Waals surface area contributed by atoms with Gasteiger partial charge in [-0.05, 0) is 44.2 Å². The van der Waals surface area contributed by atoms with Crippen LogP contribution in [0.5, 0.6) is 0 Å². The molecule has 1 aromatic carbocycles. The molecule has 1 aliphatic heterocycles. The maximum absolute atomic E-state index is 5.66. The van der Waals surface area contributed by atoms with E-state index in [1.54, 1.807) is 0 Å². The average Bonchev–Trinajstić information content (AvgIpc) is 2.56. The van der Waals surface area contributed by atoms with Gasteiger partial charge in [-0.25, -0.2) is 0 Å². The van der Waals surface area contributed by atoms with E-state index in [2.05, 4.69) is 49.2 Å². The van der Waals surface area contributed by atoms with Gasteiger partial charge in [0.2, 0.25) is 0 Å². The second-order valence-electron chi connectivity index (χ2n) is 6.01. The van der Waals surface area contributed by atoms with Crippen molar-refractivity contribution in [2.75, 3.05) is 19.8 Å². The maximum atomic E-state index is 5.66. The maximum Gasteiger partial charge on any atom is 0.0475 e. The lowest BCUT2D eigenvalue weighted by Gasteiger charge is -2.44. The molecule has 0 aromatic heterocycles. The van der Waals surface area contributed by atoms with Gasteiger partial charge < -0.3 is 10.1 Å². The van der Waals surface area contributed by atoms with Gasteiger partial charge in [-0.15, -0.1) is 6.58 Å². The summed E-state index contributed by atoms with van der Waals surface area (Å²) in [4.78, 5) is 0. The number of hydrogen-bond acceptors (Lipinski definition) is 2. The highest BCUT2D eigenvalue weighted by Crippen LogP contribution is 2.39. The van der Waals surface area contributed by atoms with Crippen LogP contribution in [0.4, 0.5) is 0 Å². The van der Waals surface area contributed by atoms with Crippen LogP contribution in [0.15, 0.2) is 43.0 Å². The van der Waals surface area contributed by atoms with Crippen molar-refractivity contribution in [1.29, 1.82) is 0 Å². The van der Waals surface area contributed by atoms with Crippen LogP contribution in [0, 0.1) is 0 Å². The van der Waals surface area contributed by atoms with Crippen molar-refractivity contribution in [2.45, 2.75) is 50.5 Å². The summed E-state index contributed by atoms with van der Waals surface area (Å²) in [5.41, 5.74) is 1.67. The van der Waals surface area contributed by atoms with Crippen LogP contribution in [0.3, 0.4) is 0 Å². The summed E-state index contributed by atoms with van der Waals surface area (Å²) in [5.74, 6) is 0. The SMILES string of the molecule is C=CCCC(NCCC)C1(c2ccccc2)CCOCC1. The van der Waals surface area contributed by atoms with Crippen LogP contribution in [-0.4, -0.2) is 25.8 Å². The predicted octanol–water partition coefficient (Wildman–Crippen LogP) is 4.07. The van der Waals surface area contributed by atoms with E-state index in [0.29, 0.717) is 6.04 Å². The highest BCUT2D eigenvalue weighted by Gasteiger charge is 2.40. The molecule has 1 saturated heterocycles. The molecule has 116 valence electrons. The van der Waals surface area contributed by atoms with Gasteiger partial charge in [0.25, 0.3) is 0 Å². The molecule has 0 radical (unpaired) electrons. The lowest BCUT2D eigenvalue weighted by Crippen LogP contribution is -2.51. The minimum absolute atomic E-state index is 0.206. The molecule has 1 aromatic rings. The number of allylic oxidation sites excluding steroid dienone is 1. The molecule has 1 N–H and O–H groups in total. The summed E-state index contributed by atoms with van der Waals surface area (Å²) >= 11 is 0. The Bertz CT molecular complexity index is 409. The summed E-state index contributed by atoms with van der Waals surface area (Å²) in [6, 6.07) is 11.5. The van der Waals surface area contributed by atoms with Crippen molar-refractivity contribution in [1.82, 2.24) is 5.32 Å². The quantitative estimate of drug-likeness (QED) is 0.728. The van der Waals surface area contributed by atoms with E-state index in [0.717, 1.165) is 45.4 Å². The van der Waals surface area contributed by atoms with Crippen molar-refractivity contribution in [3.63, 3.8) is 0 Å². The largest absolute Gasteiger partial charge is 0.381 e. The topological polar surface area (TPSA) is 21.3 Å². The highest BCUT2D eigenvalue weighted by molar-refractivity contribution is 5.28. The Labute approximate surface area is 129 Å². The minimum atomic E-state index is 0.206. The Morgan fingerprint density at radius 2 is 2.00 bits per heavy atom. The van der Waals surface area contributed by atoms with E-state index in [9.17, 15) is 0 Å². The van der Waals surface area contributed by atoms with E-state index in [1.807, 2.05) is 6.08 Å². The third-order valence-electron chi connectivity index (χ3n) is 4.70. The summed E-state index contributed by atoms with van der Waals surface area (Å²) in [7, 11) is 0. The van der Waals surface area contributed by atoms with Crippen LogP contribution in [0.2, 0.25) is 0 Å². The van der Waals surface area contributed by atoms with Crippen LogP contribution >= 0.6 is 0 Å². The van der Waals surface area contributed by atoms with Crippen molar-refractivity contribution in [3.8, 4) is 0 Å². The molecule has 1 atom stereocenters. The third kappa shape index (κ3) is 3.96. The molecule has 2 heteroatoms. The Hall–Kier alpha value is -1.12. The molecule has 0 spiro atoms. The summed E-state index contributed by atoms with van der Waals surface area (Å²) < 4.78 is 5.66. The molecule has 1 fully saturated rings. The van der Waals surface area contributed by atoms with Gasteiger partial charge in [-0.1, -0.05) is 43.3 Å². The Morgan fingerprint density at radius 1 is 1.29 bits per heavy atom. The second-order valence-corrected chi connectivity index (χ2v) is 6.01. The molecule has 0 aliphatic carbocycles. The minimum Gasteiger partial charge on any atom is -0.381 e. The summed E-state index contributed by atoms with van der Waals surface area (Å²) in [5, 5.41) is 3.81. The number of nitrogens with one attached hydrogen (secondary N) is 1. The first-order valence-corrected chi connectivity index (χ1v) is 8.31. The van der Waals surface area contributed by atoms with Crippen LogP contribution < -0.4 is 5.32 Å². The molecular weight excluding hydrogens is 258 g/mol. The number of ether oxygens (including phenoxy) is 1. The fourth-order valence-corrected chi connectivity index (χ4v) is 3.52. The highest BCUT2D eigenvalue weighted by atomic mass is 16.5. The second kappa shape index (κ2) is 8.35. The fourth-order valence-electron chi connectivity index (χ4n) is 3.52. The van der Waals surface area contributed by atoms with Crippen LogP contribution in [0.1, 0.15) is 44.6 Å². The third-order valence-corrected chi connectivity index (χ3v) is 4.70. The lowest BCUT2D eigenvalue weighted by molar-refractivity contribution is 0.0331. The first-order valence-electron chi connectivity index (χ1n) is 8.31. The van der Waals surface area contributed by atoms with Crippen molar-refractivity contribution in [3.05, 3.63) is 48.6 Å². The molecule has 1 unspecified atom stereocenters. The van der Waals surface area contributed by atoms with Gasteiger partial charge in [0.1, 0.15) is 0 Å². The van der Waals surface area contributed by atoms with Crippen LogP contribution in [0.25, 0.3) is 0 Å². The molecular formula is C19H29NO. The molecule has 2 rings (SSSR count). The van der Waals surface area contributed by atoms with Crippen LogP contribution in [-0.2, 0) is 10.2 Å². The molecule has 0 saturated carbocycles. The van der Waals surface area contributed by atoms with E-state index in [-0.39, 0.29) is 5.41 Å². The molecule has 1 heterocycles. The van der Waals surface area contributed by atoms with E-state index in [4.69, 9.17) is 4.74 Å². The normalized spacial score (nSPS) is 19.1. The van der Waals surface area contributed by atoms with Crippen molar-refractivity contribution < 1.29 is 4.74 Å². The zero-order chi connectivity index (χ0) is 15.0. The molecule has 1 aliphatic rings. The van der Waals surface area contributed by atoms with E-state index < -0.39 is 0 Å². The molecule has 2 nitrogen and oxygen atoms in total. The van der Waals surface area contributed by atoms with Gasteiger partial charge >= 0.3 is 0 Å². The summed E-state index contributed by atoms with van der Waals surface area (Å²) in [6.07, 6.45) is 7.64. The Morgan fingerprint density at radius 3 is 2.62 bits per heavy atom. The number of hydrogen-bond donors (Lipinski definition) is 1. The monoisotopic (exact) mass is 287 g/mol. The van der Waals surface area contributed by atoms with Gasteiger partial charge in [-0.3, -0.25) is 0 Å². The predicted molar refractivity (Wildman–Crippen MR) is 89.7 cm³/mol. The smallest absolute Gasteiger partial charge is 0.0475 e. The van der Waals surface area contributed by atoms with E-state index >= 15 is 0 Å². The summed E-state index contributed by atoms with van der Waals surface area (Å²) in [6.45, 7) is 8.95. The zero-order valence-electron chi connectivity index (χ0n) is 13.3. The standard InChI is InChI=1S/C19H29NO/c1-3-5-11-18(20-14-4-2)19(12-15-21-16-13-19)17-9-7-6-8-10-17/h3,6-10,18,20H,1,4-5,11-16H2,2H3. The van der Waals surface area contributed by atoms with Crippen molar-refractivity contribution >= 4 is 0 Å².